The Labute approximate surface area is 108 Å². The largest absolute Gasteiger partial charge is 0.478 e. The maximum absolute atomic E-state index is 12.6. The predicted molar refractivity (Wildman–Crippen MR) is 66.1 cm³/mol. The molecular weight excluding hydrogens is 259 g/mol. The van der Waals surface area contributed by atoms with E-state index in [4.69, 9.17) is 5.11 Å². The molecule has 0 spiro atoms. The smallest absolute Gasteiger partial charge is 0.416 e. The van der Waals surface area contributed by atoms with Crippen molar-refractivity contribution >= 4 is 11.7 Å². The highest BCUT2D eigenvalue weighted by atomic mass is 19.4. The molecule has 3 nitrogen and oxygen atoms in total. The van der Waals surface area contributed by atoms with E-state index < -0.39 is 17.7 Å². The second-order valence-corrected chi connectivity index (χ2v) is 4.21. The maximum Gasteiger partial charge on any atom is 0.416 e. The normalized spacial score (nSPS) is 12.4. The summed E-state index contributed by atoms with van der Waals surface area (Å²) in [7, 11) is 0. The third-order valence-electron chi connectivity index (χ3n) is 2.49. The first kappa shape index (κ1) is 15.1. The Balaban J connectivity index is 2.87. The van der Waals surface area contributed by atoms with Gasteiger partial charge in [0.15, 0.2) is 0 Å². The van der Waals surface area contributed by atoms with Gasteiger partial charge in [0.05, 0.1) is 5.56 Å². The predicted octanol–water partition coefficient (Wildman–Crippen LogP) is 3.46. The number of aryl methyl sites for hydroxylation is 1. The number of nitrogens with one attached hydrogen (secondary N) is 1. The Hall–Kier alpha value is -1.98. The number of alkyl halides is 3. The molecule has 19 heavy (non-hydrogen) atoms. The first-order chi connectivity index (χ1) is 8.70. The maximum atomic E-state index is 12.6. The fraction of sp³-hybridized carbons (Fsp3) is 0.308. The van der Waals surface area contributed by atoms with Gasteiger partial charge in [-0.05, 0) is 37.1 Å². The lowest BCUT2D eigenvalue weighted by atomic mass is 10.1. The first-order valence-corrected chi connectivity index (χ1v) is 5.52. The van der Waals surface area contributed by atoms with Crippen LogP contribution in [0.4, 0.5) is 18.9 Å². The van der Waals surface area contributed by atoms with Crippen LogP contribution in [0.5, 0.6) is 0 Å². The van der Waals surface area contributed by atoms with E-state index in [1.165, 1.54) is 6.07 Å². The lowest BCUT2D eigenvalue weighted by molar-refractivity contribution is -0.137. The molecule has 0 aliphatic carbocycles. The lowest BCUT2D eigenvalue weighted by Gasteiger charge is -2.13. The van der Waals surface area contributed by atoms with Crippen molar-refractivity contribution in [1.82, 2.24) is 0 Å². The number of benzene rings is 1. The van der Waals surface area contributed by atoms with Crippen LogP contribution in [0.1, 0.15) is 18.1 Å². The number of anilines is 1. The van der Waals surface area contributed by atoms with Crippen molar-refractivity contribution in [2.75, 3.05) is 11.9 Å². The SMILES string of the molecule is C/C(=C/C(=O)O)CNc1cc(C(F)(F)F)ccc1C. The molecule has 1 aromatic carbocycles. The Bertz CT molecular complexity index is 507. The van der Waals surface area contributed by atoms with Crippen molar-refractivity contribution in [2.24, 2.45) is 0 Å². The first-order valence-electron chi connectivity index (χ1n) is 5.52. The lowest BCUT2D eigenvalue weighted by Crippen LogP contribution is -2.09. The molecule has 0 bridgehead atoms. The molecular formula is C13H14F3NO2. The zero-order chi connectivity index (χ0) is 14.6. The minimum absolute atomic E-state index is 0.175. The summed E-state index contributed by atoms with van der Waals surface area (Å²) in [4.78, 5) is 10.4. The summed E-state index contributed by atoms with van der Waals surface area (Å²) >= 11 is 0. The van der Waals surface area contributed by atoms with E-state index in [1.54, 1.807) is 13.8 Å². The highest BCUT2D eigenvalue weighted by molar-refractivity contribution is 5.80. The van der Waals surface area contributed by atoms with Gasteiger partial charge in [-0.3, -0.25) is 0 Å². The van der Waals surface area contributed by atoms with Crippen molar-refractivity contribution in [3.8, 4) is 0 Å². The van der Waals surface area contributed by atoms with Gasteiger partial charge < -0.3 is 10.4 Å². The number of aliphatic carboxylic acids is 1. The molecule has 6 heteroatoms. The zero-order valence-electron chi connectivity index (χ0n) is 10.5. The fourth-order valence-electron chi connectivity index (χ4n) is 1.49. The number of hydrogen-bond acceptors (Lipinski definition) is 2. The van der Waals surface area contributed by atoms with Crippen LogP contribution in [-0.2, 0) is 11.0 Å². The van der Waals surface area contributed by atoms with Gasteiger partial charge in [0.1, 0.15) is 0 Å². The molecule has 1 aromatic rings. The van der Waals surface area contributed by atoms with Gasteiger partial charge in [0.25, 0.3) is 0 Å². The third kappa shape index (κ3) is 4.65. The van der Waals surface area contributed by atoms with Crippen LogP contribution in [0.15, 0.2) is 29.8 Å². The molecule has 0 aliphatic heterocycles. The second-order valence-electron chi connectivity index (χ2n) is 4.21. The standard InChI is InChI=1S/C13H14F3NO2/c1-8(5-12(18)19)7-17-11-6-10(13(14,15)16)4-3-9(11)2/h3-6,17H,7H2,1-2H3,(H,18,19)/b8-5-. The molecule has 0 unspecified atom stereocenters. The minimum atomic E-state index is -4.39. The monoisotopic (exact) mass is 273 g/mol. The Morgan fingerprint density at radius 1 is 1.42 bits per heavy atom. The summed E-state index contributed by atoms with van der Waals surface area (Å²) in [5.41, 5.74) is 0.786. The minimum Gasteiger partial charge on any atom is -0.478 e. The van der Waals surface area contributed by atoms with Crippen LogP contribution in [-0.4, -0.2) is 17.6 Å². The van der Waals surface area contributed by atoms with Crippen molar-refractivity contribution in [2.45, 2.75) is 20.0 Å². The summed E-state index contributed by atoms with van der Waals surface area (Å²) in [5.74, 6) is -1.08. The van der Waals surface area contributed by atoms with Gasteiger partial charge in [0, 0.05) is 18.3 Å². The molecule has 0 amide bonds. The van der Waals surface area contributed by atoms with Crippen LogP contribution >= 0.6 is 0 Å². The quantitative estimate of drug-likeness (QED) is 0.826. The molecule has 0 saturated carbocycles. The van der Waals surface area contributed by atoms with Gasteiger partial charge in [0.2, 0.25) is 0 Å². The molecule has 0 fully saturated rings. The summed E-state index contributed by atoms with van der Waals surface area (Å²) < 4.78 is 37.7. The highest BCUT2D eigenvalue weighted by Crippen LogP contribution is 2.32. The van der Waals surface area contributed by atoms with E-state index in [9.17, 15) is 18.0 Å². The van der Waals surface area contributed by atoms with Crippen molar-refractivity contribution < 1.29 is 23.1 Å². The number of halogens is 3. The molecule has 0 saturated heterocycles. The van der Waals surface area contributed by atoms with Crippen LogP contribution in [0, 0.1) is 6.92 Å². The fourth-order valence-corrected chi connectivity index (χ4v) is 1.49. The van der Waals surface area contributed by atoms with E-state index in [0.29, 0.717) is 16.8 Å². The van der Waals surface area contributed by atoms with Crippen LogP contribution in [0.25, 0.3) is 0 Å². The van der Waals surface area contributed by atoms with Gasteiger partial charge >= 0.3 is 12.1 Å². The average molecular weight is 273 g/mol. The highest BCUT2D eigenvalue weighted by Gasteiger charge is 2.30. The zero-order valence-corrected chi connectivity index (χ0v) is 10.5. The van der Waals surface area contributed by atoms with Crippen LogP contribution < -0.4 is 5.32 Å². The molecule has 0 radical (unpaired) electrons. The summed E-state index contributed by atoms with van der Waals surface area (Å²) in [6.45, 7) is 3.44. The van der Waals surface area contributed by atoms with Crippen LogP contribution in [0.2, 0.25) is 0 Å². The Kier molecular flexibility index (Phi) is 4.58. The summed E-state index contributed by atoms with van der Waals surface area (Å²) in [5, 5.41) is 11.3. The Morgan fingerprint density at radius 3 is 2.58 bits per heavy atom. The molecule has 0 heterocycles. The molecule has 0 aromatic heterocycles. The van der Waals surface area contributed by atoms with E-state index in [1.807, 2.05) is 0 Å². The molecule has 1 rings (SSSR count). The average Bonchev–Trinajstić information content (AvgIpc) is 2.25. The Morgan fingerprint density at radius 2 is 2.05 bits per heavy atom. The van der Waals surface area contributed by atoms with E-state index in [-0.39, 0.29) is 6.54 Å². The molecule has 104 valence electrons. The number of hydrogen-bond donors (Lipinski definition) is 2. The number of carbonyl (C=O) groups is 1. The second kappa shape index (κ2) is 5.77. The van der Waals surface area contributed by atoms with Gasteiger partial charge in [-0.15, -0.1) is 0 Å². The van der Waals surface area contributed by atoms with E-state index in [2.05, 4.69) is 5.32 Å². The van der Waals surface area contributed by atoms with Gasteiger partial charge in [-0.2, -0.15) is 13.2 Å². The number of rotatable bonds is 4. The van der Waals surface area contributed by atoms with Crippen molar-refractivity contribution in [3.63, 3.8) is 0 Å². The topological polar surface area (TPSA) is 49.3 Å². The van der Waals surface area contributed by atoms with Crippen molar-refractivity contribution in [3.05, 3.63) is 41.0 Å². The van der Waals surface area contributed by atoms with Crippen LogP contribution in [0.3, 0.4) is 0 Å². The number of carboxylic acid groups (broad SMARTS) is 1. The summed E-state index contributed by atoms with van der Waals surface area (Å²) in [6, 6.07) is 3.41. The third-order valence-corrected chi connectivity index (χ3v) is 2.49. The molecule has 0 atom stereocenters. The van der Waals surface area contributed by atoms with Gasteiger partial charge in [-0.25, -0.2) is 4.79 Å². The molecule has 2 N–H and O–H groups in total. The summed E-state index contributed by atoms with van der Waals surface area (Å²) in [6.07, 6.45) is -3.38. The molecule has 0 aliphatic rings. The van der Waals surface area contributed by atoms with Gasteiger partial charge in [-0.1, -0.05) is 6.07 Å². The van der Waals surface area contributed by atoms with Crippen molar-refractivity contribution in [1.29, 1.82) is 0 Å². The van der Waals surface area contributed by atoms with E-state index in [0.717, 1.165) is 18.2 Å². The van der Waals surface area contributed by atoms with E-state index >= 15 is 0 Å². The number of carboxylic acids is 1.